The molecule has 2 aromatic carbocycles. The molecule has 0 saturated carbocycles. The van der Waals surface area contributed by atoms with E-state index in [1.165, 1.54) is 17.6 Å². The monoisotopic (exact) mass is 482 g/mol. The summed E-state index contributed by atoms with van der Waals surface area (Å²) in [5, 5.41) is 3.47. The van der Waals surface area contributed by atoms with E-state index >= 15 is 0 Å². The molecule has 30 heavy (non-hydrogen) atoms. The number of carbonyl (C=O) groups excluding carboxylic acids is 1. The van der Waals surface area contributed by atoms with E-state index in [1.807, 2.05) is 12.3 Å². The van der Waals surface area contributed by atoms with Crippen molar-refractivity contribution in [1.29, 1.82) is 0 Å². The summed E-state index contributed by atoms with van der Waals surface area (Å²) in [6, 6.07) is 11.8. The first-order chi connectivity index (χ1) is 14.2. The first-order valence-corrected chi connectivity index (χ1v) is 12.9. The van der Waals surface area contributed by atoms with Gasteiger partial charge in [0.25, 0.3) is 5.91 Å². The van der Waals surface area contributed by atoms with Crippen LogP contribution in [0, 0.1) is 0 Å². The summed E-state index contributed by atoms with van der Waals surface area (Å²) in [7, 11) is -3.13. The average Bonchev–Trinajstić information content (AvgIpc) is 3.14. The molecule has 3 rings (SSSR count). The Hall–Kier alpha value is -1.93. The van der Waals surface area contributed by atoms with Gasteiger partial charge in [-0.2, -0.15) is 0 Å². The third kappa shape index (κ3) is 5.60. The van der Waals surface area contributed by atoms with Gasteiger partial charge in [-0.1, -0.05) is 42.3 Å². The average molecular weight is 483 g/mol. The summed E-state index contributed by atoms with van der Waals surface area (Å²) >= 11 is 13.6. The van der Waals surface area contributed by atoms with Gasteiger partial charge in [0.1, 0.15) is 0 Å². The number of anilines is 1. The van der Waals surface area contributed by atoms with E-state index in [2.05, 4.69) is 4.98 Å². The minimum absolute atomic E-state index is 0.0577. The maximum absolute atomic E-state index is 13.1. The fourth-order valence-electron chi connectivity index (χ4n) is 2.92. The maximum atomic E-state index is 13.1. The highest BCUT2D eigenvalue weighted by Gasteiger charge is 2.21. The molecular weight excluding hydrogens is 463 g/mol. The van der Waals surface area contributed by atoms with Gasteiger partial charge in [-0.3, -0.25) is 9.69 Å². The van der Waals surface area contributed by atoms with Crippen LogP contribution in [0.25, 0.3) is 11.3 Å². The summed E-state index contributed by atoms with van der Waals surface area (Å²) in [5.41, 5.74) is 2.54. The zero-order chi connectivity index (χ0) is 21.9. The van der Waals surface area contributed by atoms with Gasteiger partial charge in [-0.05, 0) is 42.3 Å². The molecule has 158 valence electrons. The SMILES string of the molecule is CCCN(C(=O)c1ccc(CS(C)(=O)=O)cc1)c1nc(-c2ccc(Cl)cc2Cl)cs1. The van der Waals surface area contributed by atoms with Crippen molar-refractivity contribution in [2.24, 2.45) is 0 Å². The second kappa shape index (κ2) is 9.47. The minimum Gasteiger partial charge on any atom is -0.284 e. The molecule has 0 spiro atoms. The first-order valence-electron chi connectivity index (χ1n) is 9.17. The zero-order valence-electron chi connectivity index (χ0n) is 16.4. The Morgan fingerprint density at radius 2 is 1.83 bits per heavy atom. The van der Waals surface area contributed by atoms with Crippen LogP contribution in [0.3, 0.4) is 0 Å². The Bertz CT molecular complexity index is 1160. The summed E-state index contributed by atoms with van der Waals surface area (Å²) in [6.07, 6.45) is 1.94. The first kappa shape index (κ1) is 22.7. The fourth-order valence-corrected chi connectivity index (χ4v) is 5.07. The van der Waals surface area contributed by atoms with E-state index in [9.17, 15) is 13.2 Å². The van der Waals surface area contributed by atoms with Crippen molar-refractivity contribution in [3.63, 3.8) is 0 Å². The van der Waals surface area contributed by atoms with Crippen LogP contribution in [0.15, 0.2) is 47.8 Å². The fraction of sp³-hybridized carbons (Fsp3) is 0.238. The van der Waals surface area contributed by atoms with E-state index in [1.54, 1.807) is 47.4 Å². The molecule has 1 amide bonds. The number of thiazole rings is 1. The topological polar surface area (TPSA) is 67.3 Å². The number of amides is 1. The molecule has 0 radical (unpaired) electrons. The smallest absolute Gasteiger partial charge is 0.260 e. The zero-order valence-corrected chi connectivity index (χ0v) is 19.6. The van der Waals surface area contributed by atoms with Gasteiger partial charge >= 0.3 is 0 Å². The molecule has 0 saturated heterocycles. The van der Waals surface area contributed by atoms with Crippen LogP contribution < -0.4 is 4.90 Å². The van der Waals surface area contributed by atoms with Crippen LogP contribution in [-0.4, -0.2) is 32.1 Å². The molecule has 0 fully saturated rings. The van der Waals surface area contributed by atoms with Crippen LogP contribution in [-0.2, 0) is 15.6 Å². The summed E-state index contributed by atoms with van der Waals surface area (Å²) in [5.74, 6) is -0.247. The Labute approximate surface area is 190 Å². The highest BCUT2D eigenvalue weighted by Crippen LogP contribution is 2.34. The lowest BCUT2D eigenvalue weighted by Crippen LogP contribution is -2.31. The number of aromatic nitrogens is 1. The van der Waals surface area contributed by atoms with Crippen molar-refractivity contribution in [2.75, 3.05) is 17.7 Å². The Kier molecular flexibility index (Phi) is 7.18. The number of hydrogen-bond acceptors (Lipinski definition) is 5. The van der Waals surface area contributed by atoms with Crippen molar-refractivity contribution >= 4 is 55.4 Å². The molecule has 0 aliphatic carbocycles. The van der Waals surface area contributed by atoms with Gasteiger partial charge in [0.2, 0.25) is 0 Å². The number of halogens is 2. The standard InChI is InChI=1S/C21H20Cl2N2O3S2/c1-3-10-25(20(26)15-6-4-14(5-7-15)13-30(2,27)28)21-24-19(12-29-21)17-9-8-16(22)11-18(17)23/h4-9,11-12H,3,10,13H2,1-2H3. The van der Waals surface area contributed by atoms with Crippen molar-refractivity contribution in [1.82, 2.24) is 4.98 Å². The Balaban J connectivity index is 1.87. The van der Waals surface area contributed by atoms with Crippen LogP contribution in [0.1, 0.15) is 29.3 Å². The lowest BCUT2D eigenvalue weighted by atomic mass is 10.1. The minimum atomic E-state index is -3.13. The highest BCUT2D eigenvalue weighted by atomic mass is 35.5. The van der Waals surface area contributed by atoms with Crippen molar-refractivity contribution in [2.45, 2.75) is 19.1 Å². The molecule has 1 heterocycles. The third-order valence-electron chi connectivity index (χ3n) is 4.25. The number of benzene rings is 2. The summed E-state index contributed by atoms with van der Waals surface area (Å²) < 4.78 is 22.9. The summed E-state index contributed by atoms with van der Waals surface area (Å²) in [6.45, 7) is 2.49. The van der Waals surface area contributed by atoms with Crippen molar-refractivity contribution in [3.8, 4) is 11.3 Å². The van der Waals surface area contributed by atoms with Crippen molar-refractivity contribution < 1.29 is 13.2 Å². The predicted molar refractivity (Wildman–Crippen MR) is 125 cm³/mol. The van der Waals surface area contributed by atoms with E-state index in [-0.39, 0.29) is 11.7 Å². The molecule has 0 aliphatic rings. The molecule has 1 aromatic heterocycles. The van der Waals surface area contributed by atoms with Crippen molar-refractivity contribution in [3.05, 3.63) is 69.0 Å². The summed E-state index contributed by atoms with van der Waals surface area (Å²) in [4.78, 5) is 19.4. The van der Waals surface area contributed by atoms with Crippen LogP contribution in [0.4, 0.5) is 5.13 Å². The van der Waals surface area contributed by atoms with Gasteiger partial charge < -0.3 is 0 Å². The highest BCUT2D eigenvalue weighted by molar-refractivity contribution is 7.89. The van der Waals surface area contributed by atoms with Crippen LogP contribution >= 0.6 is 34.5 Å². The predicted octanol–water partition coefficient (Wildman–Crippen LogP) is 5.72. The van der Waals surface area contributed by atoms with Crippen LogP contribution in [0.5, 0.6) is 0 Å². The van der Waals surface area contributed by atoms with E-state index < -0.39 is 9.84 Å². The third-order valence-corrected chi connectivity index (χ3v) is 6.52. The molecule has 0 bridgehead atoms. The Morgan fingerprint density at radius 1 is 1.13 bits per heavy atom. The van der Waals surface area contributed by atoms with Gasteiger partial charge in [-0.15, -0.1) is 11.3 Å². The molecule has 3 aromatic rings. The van der Waals surface area contributed by atoms with Gasteiger partial charge in [0.15, 0.2) is 15.0 Å². The number of sulfone groups is 1. The second-order valence-electron chi connectivity index (χ2n) is 6.86. The number of rotatable bonds is 7. The maximum Gasteiger partial charge on any atom is 0.260 e. The lowest BCUT2D eigenvalue weighted by Gasteiger charge is -2.19. The Morgan fingerprint density at radius 3 is 2.43 bits per heavy atom. The number of hydrogen-bond donors (Lipinski definition) is 0. The second-order valence-corrected chi connectivity index (χ2v) is 10.7. The molecule has 9 heteroatoms. The van der Waals surface area contributed by atoms with E-state index in [4.69, 9.17) is 23.2 Å². The van der Waals surface area contributed by atoms with Crippen LogP contribution in [0.2, 0.25) is 10.0 Å². The van der Waals surface area contributed by atoms with E-state index in [0.717, 1.165) is 12.0 Å². The molecule has 0 aliphatic heterocycles. The number of nitrogens with zero attached hydrogens (tertiary/aromatic N) is 2. The molecular formula is C21H20Cl2N2O3S2. The molecule has 0 unspecified atom stereocenters. The molecule has 5 nitrogen and oxygen atoms in total. The van der Waals surface area contributed by atoms with Gasteiger partial charge in [0.05, 0.1) is 16.5 Å². The largest absolute Gasteiger partial charge is 0.284 e. The lowest BCUT2D eigenvalue weighted by molar-refractivity contribution is 0.0987. The molecule has 0 atom stereocenters. The normalized spacial score (nSPS) is 11.5. The number of carbonyl (C=O) groups is 1. The van der Waals surface area contributed by atoms with Gasteiger partial charge in [-0.25, -0.2) is 13.4 Å². The van der Waals surface area contributed by atoms with Gasteiger partial charge in [0, 0.05) is 34.3 Å². The quantitative estimate of drug-likeness (QED) is 0.431. The van der Waals surface area contributed by atoms with E-state index in [0.29, 0.717) is 38.5 Å². The molecule has 0 N–H and O–H groups in total.